The van der Waals surface area contributed by atoms with Crippen LogP contribution in [0, 0.1) is 0 Å². The molecule has 0 heterocycles. The quantitative estimate of drug-likeness (QED) is 0.117. The topological polar surface area (TPSA) is 71.1 Å². The van der Waals surface area contributed by atoms with Crippen LogP contribution in [0.1, 0.15) is 90.7 Å². The van der Waals surface area contributed by atoms with Crippen molar-refractivity contribution in [3.63, 3.8) is 0 Å². The molecule has 36 heavy (non-hydrogen) atoms. The molecule has 0 bridgehead atoms. The van der Waals surface area contributed by atoms with Crippen LogP contribution in [-0.2, 0) is 36.3 Å². The van der Waals surface area contributed by atoms with Gasteiger partial charge in [0.25, 0.3) is 0 Å². The zero-order chi connectivity index (χ0) is 27.0. The Morgan fingerprint density at radius 1 is 0.806 bits per heavy atom. The van der Waals surface area contributed by atoms with E-state index in [0.717, 1.165) is 50.0 Å². The second-order valence-electron chi connectivity index (χ2n) is 10.7. The Morgan fingerprint density at radius 3 is 2.08 bits per heavy atom. The predicted octanol–water partition coefficient (Wildman–Crippen LogP) is 7.03. The van der Waals surface area contributed by atoms with E-state index >= 15 is 0 Å². The first-order valence-electron chi connectivity index (χ1n) is 13.7. The van der Waals surface area contributed by atoms with Crippen LogP contribution in [0.5, 0.6) is 5.75 Å². The highest BCUT2D eigenvalue weighted by Gasteiger charge is 2.36. The third-order valence-electron chi connectivity index (χ3n) is 6.81. The summed E-state index contributed by atoms with van der Waals surface area (Å²) in [6.45, 7) is 17.1. The molecule has 1 aromatic rings. The van der Waals surface area contributed by atoms with E-state index in [2.05, 4.69) is 39.9 Å². The molecule has 6 nitrogen and oxygen atoms in total. The van der Waals surface area contributed by atoms with E-state index in [1.54, 1.807) is 6.92 Å². The van der Waals surface area contributed by atoms with Gasteiger partial charge < -0.3 is 18.6 Å². The fourth-order valence-electron chi connectivity index (χ4n) is 3.67. The molecule has 1 aromatic carbocycles. The summed E-state index contributed by atoms with van der Waals surface area (Å²) in [5.41, 5.74) is 2.29. The van der Waals surface area contributed by atoms with Gasteiger partial charge in [-0.15, -0.1) is 0 Å². The highest BCUT2D eigenvalue weighted by molar-refractivity contribution is 6.74. The third kappa shape index (κ3) is 12.4. The highest BCUT2D eigenvalue weighted by atomic mass is 28.4. The van der Waals surface area contributed by atoms with Crippen LogP contribution in [0.25, 0.3) is 0 Å². The molecule has 206 valence electrons. The maximum absolute atomic E-state index is 12.0. The molecule has 0 atom stereocenters. The number of esters is 2. The lowest BCUT2D eigenvalue weighted by atomic mass is 9.97. The Hall–Kier alpha value is -1.86. The van der Waals surface area contributed by atoms with Crippen molar-refractivity contribution in [3.8, 4) is 5.75 Å². The predicted molar refractivity (Wildman–Crippen MR) is 148 cm³/mol. The summed E-state index contributed by atoms with van der Waals surface area (Å²) < 4.78 is 22.5. The molecular weight excluding hydrogens is 472 g/mol. The first-order valence-corrected chi connectivity index (χ1v) is 16.6. The van der Waals surface area contributed by atoms with E-state index in [1.165, 1.54) is 5.56 Å². The summed E-state index contributed by atoms with van der Waals surface area (Å²) >= 11 is 0. The van der Waals surface area contributed by atoms with Gasteiger partial charge in [-0.2, -0.15) is 0 Å². The lowest BCUT2D eigenvalue weighted by Gasteiger charge is -2.36. The van der Waals surface area contributed by atoms with Crippen molar-refractivity contribution in [3.05, 3.63) is 29.3 Å². The molecule has 1 rings (SSSR count). The van der Waals surface area contributed by atoms with Crippen LogP contribution in [0.3, 0.4) is 0 Å². The van der Waals surface area contributed by atoms with Crippen LogP contribution < -0.4 is 4.74 Å². The fourth-order valence-corrected chi connectivity index (χ4v) is 4.76. The number of rotatable bonds is 18. The van der Waals surface area contributed by atoms with Crippen molar-refractivity contribution in [2.75, 3.05) is 26.4 Å². The van der Waals surface area contributed by atoms with Gasteiger partial charge in [0, 0.05) is 19.4 Å². The van der Waals surface area contributed by atoms with Crippen LogP contribution in [0.15, 0.2) is 18.2 Å². The van der Waals surface area contributed by atoms with Crippen LogP contribution in [-0.4, -0.2) is 46.7 Å². The zero-order valence-electron chi connectivity index (χ0n) is 23.9. The number of carbonyl (C=O) groups excluding carboxylic acids is 2. The maximum Gasteiger partial charge on any atom is 0.306 e. The third-order valence-corrected chi connectivity index (χ3v) is 11.4. The minimum absolute atomic E-state index is 0.192. The van der Waals surface area contributed by atoms with Crippen molar-refractivity contribution in [1.82, 2.24) is 0 Å². The summed E-state index contributed by atoms with van der Waals surface area (Å²) in [5.74, 6) is 0.401. The van der Waals surface area contributed by atoms with E-state index in [9.17, 15) is 9.59 Å². The number of hydrogen-bond donors (Lipinski definition) is 0. The number of unbranched alkanes of at least 4 members (excludes halogenated alkanes) is 3. The Morgan fingerprint density at radius 2 is 1.44 bits per heavy atom. The van der Waals surface area contributed by atoms with Crippen molar-refractivity contribution in [1.29, 1.82) is 0 Å². The maximum atomic E-state index is 12.0. The summed E-state index contributed by atoms with van der Waals surface area (Å²) in [6, 6.07) is 6.09. The first-order chi connectivity index (χ1) is 17.0. The van der Waals surface area contributed by atoms with Crippen LogP contribution >= 0.6 is 0 Å². The Bertz CT molecular complexity index is 784. The molecule has 0 fully saturated rings. The van der Waals surface area contributed by atoms with Crippen molar-refractivity contribution < 1.29 is 28.2 Å². The van der Waals surface area contributed by atoms with Gasteiger partial charge >= 0.3 is 11.9 Å². The number of carbonyl (C=O) groups is 2. The van der Waals surface area contributed by atoms with E-state index in [1.807, 2.05) is 19.1 Å². The lowest BCUT2D eigenvalue weighted by molar-refractivity contribution is -0.144. The molecule has 0 saturated heterocycles. The monoisotopic (exact) mass is 522 g/mol. The molecule has 0 N–H and O–H groups in total. The van der Waals surface area contributed by atoms with E-state index < -0.39 is 8.32 Å². The van der Waals surface area contributed by atoms with Crippen LogP contribution in [0.2, 0.25) is 18.1 Å². The minimum atomic E-state index is -1.67. The van der Waals surface area contributed by atoms with Gasteiger partial charge in [0.15, 0.2) is 8.32 Å². The fraction of sp³-hybridized carbons (Fsp3) is 0.724. The van der Waals surface area contributed by atoms with Crippen molar-refractivity contribution >= 4 is 20.3 Å². The number of benzene rings is 1. The molecule has 0 spiro atoms. The molecule has 0 aliphatic carbocycles. The Labute approximate surface area is 220 Å². The molecule has 7 heteroatoms. The molecule has 0 aliphatic heterocycles. The van der Waals surface area contributed by atoms with Gasteiger partial charge in [-0.1, -0.05) is 45.7 Å². The van der Waals surface area contributed by atoms with Gasteiger partial charge in [0.1, 0.15) is 5.75 Å². The Balaban J connectivity index is 2.62. The summed E-state index contributed by atoms with van der Waals surface area (Å²) in [4.78, 5) is 23.6. The number of hydrogen-bond acceptors (Lipinski definition) is 6. The highest BCUT2D eigenvalue weighted by Crippen LogP contribution is 2.36. The second kappa shape index (κ2) is 16.8. The van der Waals surface area contributed by atoms with E-state index in [0.29, 0.717) is 45.5 Å². The van der Waals surface area contributed by atoms with Gasteiger partial charge in [0.2, 0.25) is 0 Å². The van der Waals surface area contributed by atoms with Gasteiger partial charge in [0.05, 0.1) is 19.8 Å². The van der Waals surface area contributed by atoms with Crippen molar-refractivity contribution in [2.45, 2.75) is 111 Å². The first kappa shape index (κ1) is 32.2. The normalized spacial score (nSPS) is 11.9. The largest absolute Gasteiger partial charge is 0.493 e. The molecule has 0 radical (unpaired) electrons. The Kier molecular flexibility index (Phi) is 15.0. The summed E-state index contributed by atoms with van der Waals surface area (Å²) in [5, 5.41) is 0.249. The smallest absolute Gasteiger partial charge is 0.306 e. The van der Waals surface area contributed by atoms with Crippen molar-refractivity contribution in [2.24, 2.45) is 0 Å². The van der Waals surface area contributed by atoms with Gasteiger partial charge in [-0.05, 0) is 81.3 Å². The molecular formula is C29H50O6Si. The number of ether oxygens (including phenoxy) is 3. The standard InChI is InChI=1S/C29H50O6Si/c1-8-32-27(30)19-15-22-34-26-18-14-17-24(25(26)20-21-28(31)33-9-2)16-12-10-11-13-23-35-36(6,7)29(3,4)5/h14,17-18H,8-13,15-16,19-23H2,1-7H3. The second-order valence-corrected chi connectivity index (χ2v) is 15.5. The number of aryl methyl sites for hydroxylation is 1. The average molecular weight is 523 g/mol. The molecule has 0 amide bonds. The zero-order valence-corrected chi connectivity index (χ0v) is 24.9. The van der Waals surface area contributed by atoms with Crippen LogP contribution in [0.4, 0.5) is 0 Å². The SMILES string of the molecule is CCOC(=O)CCCOc1cccc(CCCCCCO[Si](C)(C)C(C)(C)C)c1CCC(=O)OCC. The molecule has 0 aromatic heterocycles. The molecule has 0 aliphatic rings. The minimum Gasteiger partial charge on any atom is -0.493 e. The molecule has 0 saturated carbocycles. The van der Waals surface area contributed by atoms with Gasteiger partial charge in [-0.3, -0.25) is 9.59 Å². The lowest BCUT2D eigenvalue weighted by Crippen LogP contribution is -2.40. The van der Waals surface area contributed by atoms with E-state index in [-0.39, 0.29) is 17.0 Å². The average Bonchev–Trinajstić information content (AvgIpc) is 2.80. The van der Waals surface area contributed by atoms with E-state index in [4.69, 9.17) is 18.6 Å². The summed E-state index contributed by atoms with van der Waals surface area (Å²) in [6.07, 6.45) is 7.26. The molecule has 0 unspecified atom stereocenters. The summed E-state index contributed by atoms with van der Waals surface area (Å²) in [7, 11) is -1.67. The van der Waals surface area contributed by atoms with Gasteiger partial charge in [-0.25, -0.2) is 0 Å².